The van der Waals surface area contributed by atoms with Crippen molar-refractivity contribution in [3.63, 3.8) is 0 Å². The SMILES string of the molecule is CC(=O)SCCO[C@@H]1O[C@H](COC(=O)c2ccccc2)[C@@H](F)[C@H](OC(=O)c2ccccc2)[C@H]1OC(=O)c1ccccc1. The lowest BCUT2D eigenvalue weighted by atomic mass is 9.99. The number of rotatable bonds is 11. The Kier molecular flexibility index (Phi) is 11.2. The standard InChI is InChI=1S/C31H29FO9S/c1-20(33)42-18-17-37-31-27(41-30(36)23-15-9-4-10-16-23)26(40-29(35)22-13-7-3-8-14-22)25(32)24(39-31)19-38-28(34)21-11-5-2-6-12-21/h2-16,24-27,31H,17-19H2,1H3/t24-,25-,26+,27-,31-/m1/s1. The predicted octanol–water partition coefficient (Wildman–Crippen LogP) is 4.65. The molecule has 0 saturated carbocycles. The quantitative estimate of drug-likeness (QED) is 0.176. The molecule has 42 heavy (non-hydrogen) atoms. The number of benzene rings is 3. The minimum Gasteiger partial charge on any atom is -0.459 e. The molecule has 0 amide bonds. The second kappa shape index (κ2) is 15.2. The zero-order valence-electron chi connectivity index (χ0n) is 22.6. The molecule has 1 aliphatic heterocycles. The fourth-order valence-electron chi connectivity index (χ4n) is 4.09. The van der Waals surface area contributed by atoms with E-state index in [0.29, 0.717) is 0 Å². The monoisotopic (exact) mass is 596 g/mol. The van der Waals surface area contributed by atoms with Gasteiger partial charge in [0, 0.05) is 12.7 Å². The number of thioether (sulfide) groups is 1. The van der Waals surface area contributed by atoms with Crippen molar-refractivity contribution in [3.05, 3.63) is 108 Å². The fraction of sp³-hybridized carbons (Fsp3) is 0.290. The maximum Gasteiger partial charge on any atom is 0.338 e. The van der Waals surface area contributed by atoms with E-state index < -0.39 is 55.3 Å². The van der Waals surface area contributed by atoms with Crippen molar-refractivity contribution in [2.24, 2.45) is 0 Å². The van der Waals surface area contributed by atoms with Gasteiger partial charge in [-0.25, -0.2) is 18.8 Å². The highest BCUT2D eigenvalue weighted by Gasteiger charge is 2.52. The van der Waals surface area contributed by atoms with Crippen molar-refractivity contribution in [2.75, 3.05) is 19.0 Å². The van der Waals surface area contributed by atoms with E-state index in [9.17, 15) is 19.2 Å². The van der Waals surface area contributed by atoms with Crippen molar-refractivity contribution >= 4 is 34.8 Å². The van der Waals surface area contributed by atoms with Gasteiger partial charge in [-0.2, -0.15) is 0 Å². The van der Waals surface area contributed by atoms with Crippen LogP contribution in [0.4, 0.5) is 4.39 Å². The molecule has 1 heterocycles. The number of hydrogen-bond donors (Lipinski definition) is 0. The topological polar surface area (TPSA) is 114 Å². The minimum absolute atomic E-state index is 0.0405. The summed E-state index contributed by atoms with van der Waals surface area (Å²) in [5.74, 6) is -2.16. The van der Waals surface area contributed by atoms with E-state index in [-0.39, 0.29) is 34.2 Å². The molecule has 1 fully saturated rings. The summed E-state index contributed by atoms with van der Waals surface area (Å²) in [6.45, 7) is 0.812. The van der Waals surface area contributed by atoms with Crippen LogP contribution >= 0.6 is 11.8 Å². The van der Waals surface area contributed by atoms with E-state index in [4.69, 9.17) is 23.7 Å². The molecule has 3 aromatic rings. The summed E-state index contributed by atoms with van der Waals surface area (Å²) in [4.78, 5) is 50.0. The Morgan fingerprint density at radius 2 is 1.21 bits per heavy atom. The Hall–Kier alpha value is -4.06. The maximum atomic E-state index is 16.1. The summed E-state index contributed by atoms with van der Waals surface area (Å²) >= 11 is 0.998. The number of halogens is 1. The van der Waals surface area contributed by atoms with Gasteiger partial charge in [0.15, 0.2) is 29.8 Å². The molecule has 1 saturated heterocycles. The fourth-order valence-corrected chi connectivity index (χ4v) is 4.56. The molecule has 0 radical (unpaired) electrons. The van der Waals surface area contributed by atoms with Crippen molar-refractivity contribution in [3.8, 4) is 0 Å². The van der Waals surface area contributed by atoms with E-state index in [1.807, 2.05) is 0 Å². The van der Waals surface area contributed by atoms with Crippen LogP contribution in [0.5, 0.6) is 0 Å². The number of ether oxygens (including phenoxy) is 5. The van der Waals surface area contributed by atoms with Crippen LogP contribution in [0, 0.1) is 0 Å². The molecule has 0 aromatic heterocycles. The second-order valence-electron chi connectivity index (χ2n) is 9.13. The third kappa shape index (κ3) is 8.48. The summed E-state index contributed by atoms with van der Waals surface area (Å²) in [6, 6.07) is 24.0. The van der Waals surface area contributed by atoms with Gasteiger partial charge in [-0.1, -0.05) is 66.4 Å². The molecule has 0 unspecified atom stereocenters. The molecular formula is C31H29FO9S. The van der Waals surface area contributed by atoms with E-state index in [2.05, 4.69) is 0 Å². The van der Waals surface area contributed by atoms with Gasteiger partial charge in [0.05, 0.1) is 23.3 Å². The second-order valence-corrected chi connectivity index (χ2v) is 10.4. The van der Waals surface area contributed by atoms with Crippen molar-refractivity contribution in [1.82, 2.24) is 0 Å². The van der Waals surface area contributed by atoms with Crippen LogP contribution in [0.2, 0.25) is 0 Å². The van der Waals surface area contributed by atoms with E-state index in [0.717, 1.165) is 11.8 Å². The average Bonchev–Trinajstić information content (AvgIpc) is 3.02. The largest absolute Gasteiger partial charge is 0.459 e. The highest BCUT2D eigenvalue weighted by Crippen LogP contribution is 2.31. The number of esters is 3. The van der Waals surface area contributed by atoms with E-state index in [1.165, 1.54) is 31.2 Å². The molecule has 0 bridgehead atoms. The Labute approximate surface area is 246 Å². The van der Waals surface area contributed by atoms with Crippen LogP contribution in [0.25, 0.3) is 0 Å². The van der Waals surface area contributed by atoms with Crippen LogP contribution < -0.4 is 0 Å². The van der Waals surface area contributed by atoms with Gasteiger partial charge >= 0.3 is 17.9 Å². The lowest BCUT2D eigenvalue weighted by Crippen LogP contribution is -2.60. The highest BCUT2D eigenvalue weighted by atomic mass is 32.2. The first-order valence-corrected chi connectivity index (χ1v) is 14.1. The molecule has 220 valence electrons. The molecule has 3 aromatic carbocycles. The van der Waals surface area contributed by atoms with Gasteiger partial charge in [-0.15, -0.1) is 0 Å². The predicted molar refractivity (Wildman–Crippen MR) is 151 cm³/mol. The molecule has 11 heteroatoms. The normalized spacial score (nSPS) is 21.6. The van der Waals surface area contributed by atoms with E-state index in [1.54, 1.807) is 66.7 Å². The van der Waals surface area contributed by atoms with Gasteiger partial charge in [-0.3, -0.25) is 4.79 Å². The lowest BCUT2D eigenvalue weighted by Gasteiger charge is -2.42. The van der Waals surface area contributed by atoms with Gasteiger partial charge in [0.1, 0.15) is 12.7 Å². The zero-order valence-corrected chi connectivity index (χ0v) is 23.4. The molecular weight excluding hydrogens is 567 g/mol. The van der Waals surface area contributed by atoms with Gasteiger partial charge < -0.3 is 23.7 Å². The molecule has 5 atom stereocenters. The number of alkyl halides is 1. The Bertz CT molecular complexity index is 1340. The smallest absolute Gasteiger partial charge is 0.338 e. The number of carbonyl (C=O) groups is 4. The minimum atomic E-state index is -2.08. The Morgan fingerprint density at radius 1 is 0.738 bits per heavy atom. The van der Waals surface area contributed by atoms with Crippen molar-refractivity contribution in [1.29, 1.82) is 0 Å². The number of hydrogen-bond acceptors (Lipinski definition) is 10. The average molecular weight is 597 g/mol. The molecule has 0 spiro atoms. The number of carbonyl (C=O) groups excluding carboxylic acids is 4. The first-order chi connectivity index (χ1) is 20.3. The molecule has 0 aliphatic carbocycles. The van der Waals surface area contributed by atoms with Crippen molar-refractivity contribution < 1.29 is 47.3 Å². The van der Waals surface area contributed by atoms with Crippen LogP contribution in [-0.4, -0.2) is 72.8 Å². The van der Waals surface area contributed by atoms with Crippen LogP contribution in [0.3, 0.4) is 0 Å². The van der Waals surface area contributed by atoms with Crippen LogP contribution in [0.15, 0.2) is 91.0 Å². The van der Waals surface area contributed by atoms with Crippen LogP contribution in [-0.2, 0) is 28.5 Å². The maximum absolute atomic E-state index is 16.1. The lowest BCUT2D eigenvalue weighted by molar-refractivity contribution is -0.287. The first kappa shape index (κ1) is 30.9. The first-order valence-electron chi connectivity index (χ1n) is 13.1. The molecule has 9 nitrogen and oxygen atoms in total. The Balaban J connectivity index is 1.59. The van der Waals surface area contributed by atoms with Crippen molar-refractivity contribution in [2.45, 2.75) is 37.7 Å². The Morgan fingerprint density at radius 3 is 1.71 bits per heavy atom. The van der Waals surface area contributed by atoms with Gasteiger partial charge in [0.2, 0.25) is 0 Å². The van der Waals surface area contributed by atoms with E-state index >= 15 is 4.39 Å². The molecule has 4 rings (SSSR count). The molecule has 0 N–H and O–H groups in total. The summed E-state index contributed by atoms with van der Waals surface area (Å²) < 4.78 is 44.3. The van der Waals surface area contributed by atoms with Gasteiger partial charge in [0.25, 0.3) is 0 Å². The zero-order chi connectivity index (χ0) is 29.9. The van der Waals surface area contributed by atoms with Crippen LogP contribution in [0.1, 0.15) is 38.0 Å². The summed E-state index contributed by atoms with van der Waals surface area (Å²) in [6.07, 6.45) is -8.18. The summed E-state index contributed by atoms with van der Waals surface area (Å²) in [5.41, 5.74) is 0.567. The third-order valence-corrected chi connectivity index (χ3v) is 6.91. The third-order valence-electron chi connectivity index (χ3n) is 6.13. The highest BCUT2D eigenvalue weighted by molar-refractivity contribution is 8.13. The summed E-state index contributed by atoms with van der Waals surface area (Å²) in [5, 5.41) is -0.139. The van der Waals surface area contributed by atoms with Gasteiger partial charge in [-0.05, 0) is 36.4 Å². The molecule has 1 aliphatic rings. The summed E-state index contributed by atoms with van der Waals surface area (Å²) in [7, 11) is 0.